The van der Waals surface area contributed by atoms with Gasteiger partial charge < -0.3 is 15.3 Å². The van der Waals surface area contributed by atoms with E-state index in [9.17, 15) is 15.2 Å². The molecule has 10 nitrogen and oxygen atoms in total. The third-order valence-electron chi connectivity index (χ3n) is 6.32. The fourth-order valence-corrected chi connectivity index (χ4v) is 4.51. The Kier molecular flexibility index (Phi) is 6.14. The smallest absolute Gasteiger partial charge is 0.231 e. The third kappa shape index (κ3) is 4.28. The number of rotatable bonds is 6. The average molecular weight is 481 g/mol. The highest BCUT2D eigenvalue weighted by Crippen LogP contribution is 2.39. The number of nitriles is 1. The Morgan fingerprint density at radius 3 is 2.81 bits per heavy atom. The summed E-state index contributed by atoms with van der Waals surface area (Å²) >= 11 is 0. The van der Waals surface area contributed by atoms with Crippen molar-refractivity contribution in [1.29, 1.82) is 5.26 Å². The van der Waals surface area contributed by atoms with Crippen molar-refractivity contribution >= 4 is 23.4 Å². The van der Waals surface area contributed by atoms with Crippen LogP contribution in [0.2, 0.25) is 0 Å². The maximum atomic E-state index is 13.4. The first-order chi connectivity index (χ1) is 17.5. The number of pyridine rings is 1. The molecule has 0 fully saturated rings. The molecule has 3 aromatic heterocycles. The Hall–Kier alpha value is -4.62. The number of hydrogen-bond donors (Lipinski definition) is 2. The van der Waals surface area contributed by atoms with Gasteiger partial charge in [0.1, 0.15) is 11.9 Å². The van der Waals surface area contributed by atoms with E-state index >= 15 is 0 Å². The number of anilines is 3. The van der Waals surface area contributed by atoms with E-state index in [1.54, 1.807) is 46.4 Å². The van der Waals surface area contributed by atoms with E-state index < -0.39 is 6.04 Å². The van der Waals surface area contributed by atoms with E-state index in [1.807, 2.05) is 32.2 Å². The minimum atomic E-state index is -0.445. The molecule has 1 aliphatic rings. The SMILES string of the molecule is Cc1ncccc1CC(=O)N1c2c(C#N)cc(-c3ccnc(Nc4ccnn4C)n3)cc2CC1CO. The maximum absolute atomic E-state index is 13.4. The van der Waals surface area contributed by atoms with E-state index in [-0.39, 0.29) is 18.9 Å². The van der Waals surface area contributed by atoms with Crippen molar-refractivity contribution in [1.82, 2.24) is 24.7 Å². The lowest BCUT2D eigenvalue weighted by Gasteiger charge is -2.25. The predicted molar refractivity (Wildman–Crippen MR) is 133 cm³/mol. The quantitative estimate of drug-likeness (QED) is 0.430. The summed E-state index contributed by atoms with van der Waals surface area (Å²) in [6.07, 6.45) is 5.58. The second-order valence-electron chi connectivity index (χ2n) is 8.60. The topological polar surface area (TPSA) is 133 Å². The van der Waals surface area contributed by atoms with Crippen molar-refractivity contribution in [3.63, 3.8) is 0 Å². The molecule has 10 heteroatoms. The number of nitrogens with one attached hydrogen (secondary N) is 1. The van der Waals surface area contributed by atoms with Crippen molar-refractivity contribution in [2.24, 2.45) is 7.05 Å². The Balaban J connectivity index is 1.49. The van der Waals surface area contributed by atoms with E-state index in [2.05, 4.69) is 31.4 Å². The van der Waals surface area contributed by atoms with E-state index in [4.69, 9.17) is 0 Å². The largest absolute Gasteiger partial charge is 0.394 e. The van der Waals surface area contributed by atoms with E-state index in [0.29, 0.717) is 29.3 Å². The molecule has 180 valence electrons. The van der Waals surface area contributed by atoms with Crippen molar-refractivity contribution in [3.05, 3.63) is 77.4 Å². The molecule has 36 heavy (non-hydrogen) atoms. The molecule has 0 aliphatic carbocycles. The van der Waals surface area contributed by atoms with Crippen molar-refractivity contribution in [2.75, 3.05) is 16.8 Å². The monoisotopic (exact) mass is 480 g/mol. The van der Waals surface area contributed by atoms with Crippen LogP contribution >= 0.6 is 0 Å². The normalized spacial score (nSPS) is 14.4. The first-order valence-electron chi connectivity index (χ1n) is 11.5. The molecule has 1 aliphatic heterocycles. The van der Waals surface area contributed by atoms with Gasteiger partial charge in [0.15, 0.2) is 0 Å². The summed E-state index contributed by atoms with van der Waals surface area (Å²) in [6.45, 7) is 1.65. The lowest BCUT2D eigenvalue weighted by molar-refractivity contribution is -0.118. The molecular formula is C26H24N8O2. The van der Waals surface area contributed by atoms with Gasteiger partial charge in [0, 0.05) is 36.8 Å². The summed E-state index contributed by atoms with van der Waals surface area (Å²) in [5.74, 6) is 0.951. The van der Waals surface area contributed by atoms with Gasteiger partial charge in [-0.05, 0) is 48.7 Å². The van der Waals surface area contributed by atoms with Gasteiger partial charge in [0.05, 0.1) is 42.2 Å². The van der Waals surface area contributed by atoms with Crippen molar-refractivity contribution < 1.29 is 9.90 Å². The molecule has 1 unspecified atom stereocenters. The summed E-state index contributed by atoms with van der Waals surface area (Å²) in [4.78, 5) is 28.1. The van der Waals surface area contributed by atoms with Crippen LogP contribution in [0.15, 0.2) is 55.0 Å². The molecule has 1 aromatic carbocycles. The number of nitrogens with zero attached hydrogens (tertiary/aromatic N) is 7. The van der Waals surface area contributed by atoms with Crippen LogP contribution in [0.5, 0.6) is 0 Å². The number of aliphatic hydroxyl groups excluding tert-OH is 1. The van der Waals surface area contributed by atoms with Crippen LogP contribution in [0, 0.1) is 18.3 Å². The van der Waals surface area contributed by atoms with Crippen LogP contribution < -0.4 is 10.2 Å². The molecule has 1 atom stereocenters. The van der Waals surface area contributed by atoms with Gasteiger partial charge in [-0.3, -0.25) is 14.5 Å². The summed E-state index contributed by atoms with van der Waals surface area (Å²) in [6, 6.07) is 12.7. The van der Waals surface area contributed by atoms with Crippen LogP contribution in [0.25, 0.3) is 11.3 Å². The van der Waals surface area contributed by atoms with Gasteiger partial charge in [0.25, 0.3) is 0 Å². The average Bonchev–Trinajstić information content (AvgIpc) is 3.47. The fourth-order valence-electron chi connectivity index (χ4n) is 4.51. The Labute approximate surface area is 207 Å². The number of carbonyl (C=O) groups excluding carboxylic acids is 1. The number of aromatic nitrogens is 5. The number of carbonyl (C=O) groups is 1. The van der Waals surface area contributed by atoms with Crippen LogP contribution in [0.1, 0.15) is 22.4 Å². The first kappa shape index (κ1) is 23.1. The summed E-state index contributed by atoms with van der Waals surface area (Å²) < 4.78 is 1.67. The molecule has 0 saturated carbocycles. The van der Waals surface area contributed by atoms with Gasteiger partial charge in [-0.25, -0.2) is 9.97 Å². The number of hydrogen-bond acceptors (Lipinski definition) is 8. The molecule has 4 heterocycles. The van der Waals surface area contributed by atoms with Crippen LogP contribution in [0.4, 0.5) is 17.5 Å². The van der Waals surface area contributed by atoms with Crippen molar-refractivity contribution in [3.8, 4) is 17.3 Å². The zero-order chi connectivity index (χ0) is 25.2. The summed E-state index contributed by atoms with van der Waals surface area (Å²) in [5, 5.41) is 27.4. The minimum Gasteiger partial charge on any atom is -0.394 e. The number of aliphatic hydroxyl groups is 1. The fraction of sp³-hybridized carbons (Fsp3) is 0.231. The van der Waals surface area contributed by atoms with Crippen LogP contribution in [0.3, 0.4) is 0 Å². The van der Waals surface area contributed by atoms with E-state index in [1.165, 1.54) is 0 Å². The summed E-state index contributed by atoms with van der Waals surface area (Å²) in [5.41, 5.74) is 4.68. The zero-order valence-corrected chi connectivity index (χ0v) is 19.9. The Bertz CT molecular complexity index is 1490. The lowest BCUT2D eigenvalue weighted by atomic mass is 10.0. The number of aryl methyl sites for hydroxylation is 2. The van der Waals surface area contributed by atoms with Gasteiger partial charge in [-0.1, -0.05) is 6.07 Å². The molecule has 1 amide bonds. The molecule has 2 N–H and O–H groups in total. The third-order valence-corrected chi connectivity index (χ3v) is 6.32. The summed E-state index contributed by atoms with van der Waals surface area (Å²) in [7, 11) is 1.81. The zero-order valence-electron chi connectivity index (χ0n) is 19.9. The molecule has 0 bridgehead atoms. The Morgan fingerprint density at radius 2 is 2.08 bits per heavy atom. The number of amides is 1. The molecule has 0 radical (unpaired) electrons. The highest BCUT2D eigenvalue weighted by Gasteiger charge is 2.36. The number of fused-ring (bicyclic) bond motifs is 1. The first-order valence-corrected chi connectivity index (χ1v) is 11.5. The second-order valence-corrected chi connectivity index (χ2v) is 8.60. The molecule has 0 spiro atoms. The lowest BCUT2D eigenvalue weighted by Crippen LogP contribution is -2.41. The maximum Gasteiger partial charge on any atom is 0.231 e. The van der Waals surface area contributed by atoms with Crippen LogP contribution in [-0.2, 0) is 24.7 Å². The molecule has 5 rings (SSSR count). The molecule has 0 saturated heterocycles. The standard InChI is InChI=1S/C26H24N8O2/c1-16-17(4-3-7-28-16)13-24(36)34-21(15-35)12-19-10-18(11-20(14-27)25(19)34)22-5-8-29-26(31-22)32-23-6-9-30-33(23)2/h3-11,21,35H,12-13,15H2,1-2H3,(H,29,31,32). The number of benzene rings is 1. The predicted octanol–water partition coefficient (Wildman–Crippen LogP) is 2.69. The highest BCUT2D eigenvalue weighted by molar-refractivity contribution is 5.99. The second kappa shape index (κ2) is 9.56. The van der Waals surface area contributed by atoms with Crippen molar-refractivity contribution in [2.45, 2.75) is 25.8 Å². The van der Waals surface area contributed by atoms with E-state index in [0.717, 1.165) is 28.2 Å². The Morgan fingerprint density at radius 1 is 1.22 bits per heavy atom. The molecular weight excluding hydrogens is 456 g/mol. The van der Waals surface area contributed by atoms with Gasteiger partial charge in [-0.2, -0.15) is 10.4 Å². The minimum absolute atomic E-state index is 0.136. The van der Waals surface area contributed by atoms with Gasteiger partial charge in [-0.15, -0.1) is 0 Å². The van der Waals surface area contributed by atoms with Crippen LogP contribution in [-0.4, -0.2) is 48.4 Å². The van der Waals surface area contributed by atoms with Gasteiger partial charge in [0.2, 0.25) is 11.9 Å². The molecule has 4 aromatic rings. The van der Waals surface area contributed by atoms with Gasteiger partial charge >= 0.3 is 0 Å². The highest BCUT2D eigenvalue weighted by atomic mass is 16.3.